The van der Waals surface area contributed by atoms with Crippen molar-refractivity contribution in [2.45, 2.75) is 257 Å². The van der Waals surface area contributed by atoms with E-state index in [0.717, 1.165) is 70.6 Å². The minimum atomic E-state index is -0.853. The zero-order valence-electron chi connectivity index (χ0n) is 37.4. The van der Waals surface area contributed by atoms with E-state index in [1.807, 2.05) is 6.08 Å². The van der Waals surface area contributed by atoms with Gasteiger partial charge in [-0.15, -0.1) is 0 Å². The van der Waals surface area contributed by atoms with Crippen LogP contribution in [0.15, 0.2) is 60.8 Å². The summed E-state index contributed by atoms with van der Waals surface area (Å²) in [5.74, 6) is -0.0873. The number of unbranched alkanes of at least 4 members (excludes halogenated alkanes) is 29. The fraction of sp³-hybridized carbons (Fsp3) is 0.788. The number of aliphatic hydroxyl groups is 2. The number of carbonyl (C=O) groups is 1. The summed E-state index contributed by atoms with van der Waals surface area (Å²) in [7, 11) is 0. The molecule has 0 saturated heterocycles. The molecule has 0 bridgehead atoms. The molecule has 2 atom stereocenters. The molecule has 326 valence electrons. The lowest BCUT2D eigenvalue weighted by Gasteiger charge is -2.20. The second-order valence-corrected chi connectivity index (χ2v) is 16.5. The number of hydrogen-bond acceptors (Lipinski definition) is 3. The fourth-order valence-corrected chi connectivity index (χ4v) is 7.29. The van der Waals surface area contributed by atoms with E-state index in [2.05, 4.69) is 67.8 Å². The summed E-state index contributed by atoms with van der Waals surface area (Å²) in [5.41, 5.74) is 0. The van der Waals surface area contributed by atoms with Gasteiger partial charge < -0.3 is 15.5 Å². The number of carbonyl (C=O) groups excluding carboxylic acids is 1. The highest BCUT2D eigenvalue weighted by molar-refractivity contribution is 5.76. The highest BCUT2D eigenvalue weighted by Crippen LogP contribution is 2.16. The fourth-order valence-electron chi connectivity index (χ4n) is 7.29. The maximum Gasteiger partial charge on any atom is 0.220 e. The summed E-state index contributed by atoms with van der Waals surface area (Å²) in [6, 6.07) is -0.638. The molecule has 4 nitrogen and oxygen atoms in total. The van der Waals surface area contributed by atoms with Crippen molar-refractivity contribution < 1.29 is 15.0 Å². The van der Waals surface area contributed by atoms with Crippen LogP contribution in [0.3, 0.4) is 0 Å². The van der Waals surface area contributed by atoms with E-state index < -0.39 is 12.1 Å². The molecule has 0 aliphatic carbocycles. The lowest BCUT2D eigenvalue weighted by Crippen LogP contribution is -2.45. The Kier molecular flexibility index (Phi) is 45.8. The molecular weight excluding hydrogens is 687 g/mol. The van der Waals surface area contributed by atoms with E-state index in [9.17, 15) is 15.0 Å². The van der Waals surface area contributed by atoms with Crippen LogP contribution in [0.1, 0.15) is 245 Å². The maximum atomic E-state index is 12.4. The Morgan fingerprint density at radius 3 is 1.18 bits per heavy atom. The first-order valence-corrected chi connectivity index (χ1v) is 24.5. The van der Waals surface area contributed by atoms with Crippen LogP contribution in [-0.2, 0) is 4.79 Å². The monoisotopic (exact) mass is 782 g/mol. The van der Waals surface area contributed by atoms with Gasteiger partial charge in [-0.25, -0.2) is 0 Å². The Hall–Kier alpha value is -1.91. The number of allylic oxidation sites excluding steroid dienone is 9. The molecule has 0 fully saturated rings. The van der Waals surface area contributed by atoms with Crippen molar-refractivity contribution in [2.24, 2.45) is 0 Å². The van der Waals surface area contributed by atoms with Crippen molar-refractivity contribution in [3.8, 4) is 0 Å². The quantitative estimate of drug-likeness (QED) is 0.0426. The van der Waals surface area contributed by atoms with Gasteiger partial charge in [0.15, 0.2) is 0 Å². The summed E-state index contributed by atoms with van der Waals surface area (Å²) < 4.78 is 0. The number of amides is 1. The molecule has 1 amide bonds. The highest BCUT2D eigenvalue weighted by atomic mass is 16.3. The number of nitrogens with one attached hydrogen (secondary N) is 1. The van der Waals surface area contributed by atoms with Gasteiger partial charge in [-0.2, -0.15) is 0 Å². The second kappa shape index (κ2) is 47.5. The average molecular weight is 782 g/mol. The molecule has 56 heavy (non-hydrogen) atoms. The highest BCUT2D eigenvalue weighted by Gasteiger charge is 2.17. The largest absolute Gasteiger partial charge is 0.394 e. The molecule has 0 spiro atoms. The van der Waals surface area contributed by atoms with Crippen molar-refractivity contribution in [3.05, 3.63) is 60.8 Å². The third-order valence-electron chi connectivity index (χ3n) is 11.0. The summed E-state index contributed by atoms with van der Waals surface area (Å²) in [6.07, 6.45) is 66.4. The Bertz CT molecular complexity index is 934. The zero-order valence-corrected chi connectivity index (χ0v) is 37.4. The van der Waals surface area contributed by atoms with Crippen LogP contribution in [0, 0.1) is 0 Å². The summed E-state index contributed by atoms with van der Waals surface area (Å²) in [4.78, 5) is 12.4. The lowest BCUT2D eigenvalue weighted by molar-refractivity contribution is -0.123. The van der Waals surface area contributed by atoms with E-state index in [-0.39, 0.29) is 12.5 Å². The first-order chi connectivity index (χ1) is 27.7. The van der Waals surface area contributed by atoms with Crippen LogP contribution in [-0.4, -0.2) is 34.9 Å². The van der Waals surface area contributed by atoms with Crippen molar-refractivity contribution in [1.29, 1.82) is 0 Å². The average Bonchev–Trinajstić information content (AvgIpc) is 3.20. The number of rotatable bonds is 44. The number of hydrogen-bond donors (Lipinski definition) is 3. The molecule has 3 N–H and O–H groups in total. The van der Waals surface area contributed by atoms with Crippen LogP contribution in [0.4, 0.5) is 0 Å². The summed E-state index contributed by atoms with van der Waals surface area (Å²) in [5, 5.41) is 23.1. The van der Waals surface area contributed by atoms with Gasteiger partial charge in [0, 0.05) is 6.42 Å². The van der Waals surface area contributed by atoms with E-state index in [1.54, 1.807) is 6.08 Å². The molecule has 0 saturated carbocycles. The predicted molar refractivity (Wildman–Crippen MR) is 248 cm³/mol. The molecule has 0 radical (unpaired) electrons. The van der Waals surface area contributed by atoms with Crippen molar-refractivity contribution in [1.82, 2.24) is 5.32 Å². The smallest absolute Gasteiger partial charge is 0.220 e. The Morgan fingerprint density at radius 1 is 0.446 bits per heavy atom. The van der Waals surface area contributed by atoms with Crippen LogP contribution < -0.4 is 5.32 Å². The van der Waals surface area contributed by atoms with Crippen molar-refractivity contribution in [2.75, 3.05) is 6.61 Å². The maximum absolute atomic E-state index is 12.4. The van der Waals surface area contributed by atoms with Crippen LogP contribution >= 0.6 is 0 Å². The third kappa shape index (κ3) is 43.2. The van der Waals surface area contributed by atoms with Crippen molar-refractivity contribution >= 4 is 5.91 Å². The van der Waals surface area contributed by atoms with E-state index >= 15 is 0 Å². The zero-order chi connectivity index (χ0) is 40.7. The molecule has 2 unspecified atom stereocenters. The summed E-state index contributed by atoms with van der Waals surface area (Å²) >= 11 is 0. The molecule has 0 aliphatic heterocycles. The standard InChI is InChI=1S/C52H95NO3/c1-3-5-7-9-11-13-15-17-19-21-22-23-24-25-26-27-28-29-30-32-33-35-37-39-41-43-45-47-51(55)50(49-54)53-52(56)48-46-44-42-40-38-36-34-31-20-18-16-14-12-10-8-6-4-2/h6,8,12,14,18,20,34,36,45,47,50-51,54-55H,3-5,7,9-11,13,15-17,19,21-33,35,37-44,46,48-49H2,1-2H3,(H,53,56)/b8-6-,14-12-,20-18-,36-34-,47-45+. The minimum Gasteiger partial charge on any atom is -0.394 e. The molecule has 0 heterocycles. The van der Waals surface area contributed by atoms with Gasteiger partial charge in [-0.3, -0.25) is 4.79 Å². The Labute approximate surface area is 349 Å². The van der Waals surface area contributed by atoms with Gasteiger partial charge in [0.05, 0.1) is 18.8 Å². The third-order valence-corrected chi connectivity index (χ3v) is 11.0. The van der Waals surface area contributed by atoms with Gasteiger partial charge in [0.1, 0.15) is 0 Å². The van der Waals surface area contributed by atoms with E-state index in [4.69, 9.17) is 0 Å². The molecular formula is C52H95NO3. The van der Waals surface area contributed by atoms with Gasteiger partial charge in [-0.1, -0.05) is 242 Å². The van der Waals surface area contributed by atoms with Gasteiger partial charge >= 0.3 is 0 Å². The Balaban J connectivity index is 3.54. The minimum absolute atomic E-state index is 0.0873. The first-order valence-electron chi connectivity index (χ1n) is 24.5. The molecule has 4 heteroatoms. The van der Waals surface area contributed by atoms with Crippen LogP contribution in [0.25, 0.3) is 0 Å². The van der Waals surface area contributed by atoms with Gasteiger partial charge in [0.2, 0.25) is 5.91 Å². The van der Waals surface area contributed by atoms with Gasteiger partial charge in [0.25, 0.3) is 0 Å². The van der Waals surface area contributed by atoms with Crippen LogP contribution in [0.2, 0.25) is 0 Å². The summed E-state index contributed by atoms with van der Waals surface area (Å²) in [6.45, 7) is 4.20. The topological polar surface area (TPSA) is 69.6 Å². The molecule has 0 rings (SSSR count). The van der Waals surface area contributed by atoms with E-state index in [1.165, 1.54) is 154 Å². The Morgan fingerprint density at radius 2 is 0.786 bits per heavy atom. The normalized spacial score (nSPS) is 13.4. The molecule has 0 aliphatic rings. The SMILES string of the molecule is CC/C=C\C/C=C\C/C=C\C/C=C\CCCCCCC(=O)NC(CO)C(O)/C=C/CCCCCCCCCCCCCCCCCCCCCCCCCCC. The molecule has 0 aromatic rings. The van der Waals surface area contributed by atoms with Crippen LogP contribution in [0.5, 0.6) is 0 Å². The van der Waals surface area contributed by atoms with Crippen molar-refractivity contribution in [3.63, 3.8) is 0 Å². The molecule has 0 aromatic carbocycles. The lowest BCUT2D eigenvalue weighted by atomic mass is 10.0. The molecule has 0 aromatic heterocycles. The first kappa shape index (κ1) is 54.1. The number of aliphatic hydroxyl groups excluding tert-OH is 2. The van der Waals surface area contributed by atoms with Gasteiger partial charge in [-0.05, 0) is 57.8 Å². The predicted octanol–water partition coefficient (Wildman–Crippen LogP) is 15.7. The second-order valence-electron chi connectivity index (χ2n) is 16.5. The van der Waals surface area contributed by atoms with E-state index in [0.29, 0.717) is 6.42 Å².